The van der Waals surface area contributed by atoms with Gasteiger partial charge in [-0.2, -0.15) is 19.4 Å². The number of hydrogen-bond acceptors (Lipinski definition) is 12. The lowest BCUT2D eigenvalue weighted by molar-refractivity contribution is -0.158. The standard InChI is InChI=1S/C59H88FN6O8P/c1-4-7-9-11-13-14-15-16-17-18-19-20-21-22-23-24-25-27-29-37-43-70-57(68)50(44-48-38-32-30-33-39-48)65-75(69,74-49-40-34-31-35-41-49)71-46-59(6-3)51(72-53(67)42-36-28-26-12-10-8-5-2)45-52(73-59)66-47-62-54-55(61)63-58(60)64-56(54)66/h3,30-35,38-41,47,50-52H,4-5,7-29,36-37,42-46H2,1-2H3,(H,65,69)(H2,61,63,64)/t50-,51-,52+,59+,75?/m0/s1. The van der Waals surface area contributed by atoms with Gasteiger partial charge in [-0.3, -0.25) is 18.7 Å². The number of carbonyl (C=O) groups is 2. The predicted molar refractivity (Wildman–Crippen MR) is 295 cm³/mol. The molecule has 3 heterocycles. The molecule has 5 rings (SSSR count). The summed E-state index contributed by atoms with van der Waals surface area (Å²) >= 11 is 0. The van der Waals surface area contributed by atoms with E-state index in [1.165, 1.54) is 120 Å². The van der Waals surface area contributed by atoms with Crippen molar-refractivity contribution in [3.63, 3.8) is 0 Å². The summed E-state index contributed by atoms with van der Waals surface area (Å²) in [6.07, 6.45) is 37.1. The van der Waals surface area contributed by atoms with Crippen LogP contribution in [-0.2, 0) is 39.3 Å². The van der Waals surface area contributed by atoms with Crippen LogP contribution in [0.4, 0.5) is 10.2 Å². The first kappa shape index (κ1) is 61.0. The fraction of sp³-hybridized carbons (Fsp3) is 0.644. The van der Waals surface area contributed by atoms with E-state index < -0.39 is 56.3 Å². The van der Waals surface area contributed by atoms with E-state index in [1.54, 1.807) is 30.3 Å². The van der Waals surface area contributed by atoms with Crippen molar-refractivity contribution in [2.75, 3.05) is 18.9 Å². The third kappa shape index (κ3) is 22.0. The number of rotatable bonds is 41. The number of anilines is 1. The number of esters is 2. The molecule has 0 amide bonds. The maximum Gasteiger partial charge on any atom is 0.459 e. The Hall–Kier alpha value is -4.87. The van der Waals surface area contributed by atoms with Gasteiger partial charge in [0.15, 0.2) is 22.6 Å². The molecule has 14 nitrogen and oxygen atoms in total. The van der Waals surface area contributed by atoms with Gasteiger partial charge in [0.05, 0.1) is 12.9 Å². The summed E-state index contributed by atoms with van der Waals surface area (Å²) < 4.78 is 62.1. The van der Waals surface area contributed by atoms with Crippen LogP contribution in [-0.4, -0.2) is 62.4 Å². The van der Waals surface area contributed by atoms with Crippen LogP contribution in [0.1, 0.15) is 212 Å². The number of nitrogen functional groups attached to an aromatic ring is 1. The number of terminal acetylenes is 1. The smallest absolute Gasteiger partial charge is 0.459 e. The van der Waals surface area contributed by atoms with Crippen LogP contribution in [0.15, 0.2) is 67.0 Å². The van der Waals surface area contributed by atoms with Crippen LogP contribution in [0.25, 0.3) is 11.2 Å². The van der Waals surface area contributed by atoms with Gasteiger partial charge in [0.25, 0.3) is 0 Å². The van der Waals surface area contributed by atoms with Gasteiger partial charge >= 0.3 is 25.8 Å². The Morgan fingerprint density at radius 3 is 1.85 bits per heavy atom. The molecule has 1 aliphatic rings. The molecule has 0 saturated carbocycles. The fourth-order valence-electron chi connectivity index (χ4n) is 9.66. The SMILES string of the molecule is C#C[C@]1(COP(=O)(N[C@@H](Cc2ccccc2)C(=O)OCCCCCCCCCCCCCCCCCCCCCC)Oc2ccccc2)O[C@@H](n2cnc3c(N)nc(F)nc32)C[C@@H]1OC(=O)CCCCCCCCC. The van der Waals surface area contributed by atoms with Crippen molar-refractivity contribution >= 4 is 36.7 Å². The van der Waals surface area contributed by atoms with Gasteiger partial charge in [-0.05, 0) is 37.0 Å². The highest BCUT2D eigenvalue weighted by Crippen LogP contribution is 2.49. The number of aromatic nitrogens is 4. The highest BCUT2D eigenvalue weighted by molar-refractivity contribution is 7.52. The molecular formula is C59H88FN6O8P. The number of benzene rings is 2. The second-order valence-corrected chi connectivity index (χ2v) is 22.0. The van der Waals surface area contributed by atoms with Gasteiger partial charge in [0.1, 0.15) is 30.7 Å². The number of ether oxygens (including phenoxy) is 3. The zero-order valence-corrected chi connectivity index (χ0v) is 46.1. The molecule has 0 aliphatic carbocycles. The summed E-state index contributed by atoms with van der Waals surface area (Å²) in [5, 5.41) is 2.91. The van der Waals surface area contributed by atoms with Crippen molar-refractivity contribution in [1.82, 2.24) is 24.6 Å². The molecule has 75 heavy (non-hydrogen) atoms. The monoisotopic (exact) mass is 1060 g/mol. The molecule has 0 radical (unpaired) electrons. The quantitative estimate of drug-likeness (QED) is 0.0141. The predicted octanol–water partition coefficient (Wildman–Crippen LogP) is 14.7. The van der Waals surface area contributed by atoms with Crippen molar-refractivity contribution in [2.45, 2.75) is 230 Å². The first-order valence-electron chi connectivity index (χ1n) is 28.6. The van der Waals surface area contributed by atoms with Gasteiger partial charge in [-0.15, -0.1) is 6.42 Å². The maximum absolute atomic E-state index is 15.2. The lowest BCUT2D eigenvalue weighted by atomic mass is 9.98. The van der Waals surface area contributed by atoms with E-state index in [0.717, 1.165) is 56.9 Å². The number of nitrogens with zero attached hydrogens (tertiary/aromatic N) is 4. The molecule has 2 aromatic carbocycles. The normalized spacial score (nSPS) is 17.6. The number of fused-ring (bicyclic) bond motifs is 1. The van der Waals surface area contributed by atoms with Crippen LogP contribution in [0, 0.1) is 18.4 Å². The Morgan fingerprint density at radius 1 is 0.787 bits per heavy atom. The van der Waals surface area contributed by atoms with E-state index in [0.29, 0.717) is 12.8 Å². The topological polar surface area (TPSA) is 179 Å². The van der Waals surface area contributed by atoms with E-state index in [1.807, 2.05) is 30.3 Å². The summed E-state index contributed by atoms with van der Waals surface area (Å²) in [5.74, 6) is 1.52. The number of nitrogens with one attached hydrogen (secondary N) is 1. The second-order valence-electron chi connectivity index (χ2n) is 20.3. The fourth-order valence-corrected chi connectivity index (χ4v) is 11.2. The van der Waals surface area contributed by atoms with Crippen molar-refractivity contribution in [2.24, 2.45) is 0 Å². The average molecular weight is 1060 g/mol. The average Bonchev–Trinajstić information content (AvgIpc) is 4.00. The van der Waals surface area contributed by atoms with Crippen molar-refractivity contribution < 1.29 is 41.8 Å². The van der Waals surface area contributed by atoms with E-state index >= 15 is 4.57 Å². The van der Waals surface area contributed by atoms with Gasteiger partial charge in [-0.25, -0.2) is 9.55 Å². The number of para-hydroxylation sites is 1. The van der Waals surface area contributed by atoms with Crippen LogP contribution in [0.5, 0.6) is 5.75 Å². The summed E-state index contributed by atoms with van der Waals surface area (Å²) in [4.78, 5) is 39.4. The minimum absolute atomic E-state index is 0.0318. The molecule has 16 heteroatoms. The zero-order chi connectivity index (χ0) is 53.4. The summed E-state index contributed by atoms with van der Waals surface area (Å²) in [6.45, 7) is 4.01. The van der Waals surface area contributed by atoms with Gasteiger partial charge in [-0.1, -0.05) is 229 Å². The van der Waals surface area contributed by atoms with Crippen LogP contribution >= 0.6 is 7.75 Å². The summed E-state index contributed by atoms with van der Waals surface area (Å²) in [5.41, 5.74) is 5.06. The summed E-state index contributed by atoms with van der Waals surface area (Å²) in [6, 6.07) is 16.5. The molecule has 414 valence electrons. The molecule has 1 saturated heterocycles. The summed E-state index contributed by atoms with van der Waals surface area (Å²) in [7, 11) is -4.58. The minimum atomic E-state index is -4.58. The lowest BCUT2D eigenvalue weighted by Crippen LogP contribution is -2.46. The third-order valence-corrected chi connectivity index (χ3v) is 15.6. The number of carbonyl (C=O) groups excluding carboxylic acids is 2. The third-order valence-electron chi connectivity index (χ3n) is 14.1. The Bertz CT molecular complexity index is 2320. The molecule has 5 atom stereocenters. The van der Waals surface area contributed by atoms with Crippen LogP contribution in [0.3, 0.4) is 0 Å². The highest BCUT2D eigenvalue weighted by atomic mass is 31.2. The van der Waals surface area contributed by atoms with E-state index in [4.69, 9.17) is 35.4 Å². The highest BCUT2D eigenvalue weighted by Gasteiger charge is 2.53. The van der Waals surface area contributed by atoms with Gasteiger partial charge in [0.2, 0.25) is 0 Å². The molecule has 0 bridgehead atoms. The second kappa shape index (κ2) is 34.7. The minimum Gasteiger partial charge on any atom is -0.465 e. The number of hydrogen-bond donors (Lipinski definition) is 2. The number of imidazole rings is 1. The largest absolute Gasteiger partial charge is 0.465 e. The van der Waals surface area contributed by atoms with Crippen molar-refractivity contribution in [3.05, 3.63) is 78.6 Å². The number of halogens is 1. The number of nitrogens with two attached hydrogens (primary N) is 1. The molecule has 2 aromatic heterocycles. The Labute approximate surface area is 447 Å². The van der Waals surface area contributed by atoms with Crippen molar-refractivity contribution in [1.29, 1.82) is 0 Å². The zero-order valence-electron chi connectivity index (χ0n) is 45.2. The van der Waals surface area contributed by atoms with Crippen LogP contribution < -0.4 is 15.3 Å². The maximum atomic E-state index is 15.2. The first-order valence-corrected chi connectivity index (χ1v) is 30.1. The van der Waals surface area contributed by atoms with E-state index in [2.05, 4.69) is 39.8 Å². The van der Waals surface area contributed by atoms with Gasteiger partial charge < -0.3 is 24.5 Å². The Balaban J connectivity index is 1.18. The molecule has 3 N–H and O–H groups in total. The van der Waals surface area contributed by atoms with Gasteiger partial charge in [0, 0.05) is 12.8 Å². The molecular weight excluding hydrogens is 971 g/mol. The van der Waals surface area contributed by atoms with E-state index in [9.17, 15) is 14.0 Å². The lowest BCUT2D eigenvalue weighted by Gasteiger charge is -2.31. The molecule has 1 aliphatic heterocycles. The molecule has 1 fully saturated rings. The Morgan fingerprint density at radius 2 is 1.31 bits per heavy atom. The molecule has 1 unspecified atom stereocenters. The Kier molecular flexibility index (Phi) is 28.2. The number of unbranched alkanes of at least 4 members (excludes halogenated alkanes) is 25. The molecule has 4 aromatic rings. The van der Waals surface area contributed by atoms with Crippen molar-refractivity contribution in [3.8, 4) is 18.1 Å². The first-order chi connectivity index (χ1) is 36.6. The molecule has 0 spiro atoms. The van der Waals surface area contributed by atoms with Crippen LogP contribution in [0.2, 0.25) is 0 Å². The van der Waals surface area contributed by atoms with E-state index in [-0.39, 0.29) is 48.6 Å².